The SMILES string of the molecule is O=C(CN(CCc1cccc(F)c1)C1CC1)NCc1ccccn1. The first-order valence-electron chi connectivity index (χ1n) is 8.36. The maximum absolute atomic E-state index is 13.3. The number of carbonyl (C=O) groups excluding carboxylic acids is 1. The van der Waals surface area contributed by atoms with Gasteiger partial charge in [0.25, 0.3) is 0 Å². The molecule has 0 atom stereocenters. The molecule has 1 heterocycles. The Kier molecular flexibility index (Phi) is 5.54. The highest BCUT2D eigenvalue weighted by Crippen LogP contribution is 2.26. The molecule has 1 aromatic carbocycles. The molecule has 1 saturated carbocycles. The van der Waals surface area contributed by atoms with Crippen molar-refractivity contribution in [2.45, 2.75) is 31.8 Å². The Hall–Kier alpha value is -2.27. The molecular weight excluding hydrogens is 305 g/mol. The predicted octanol–water partition coefficient (Wildman–Crippen LogP) is 2.54. The van der Waals surface area contributed by atoms with E-state index in [9.17, 15) is 9.18 Å². The molecule has 0 aliphatic heterocycles. The lowest BCUT2D eigenvalue weighted by molar-refractivity contribution is -0.122. The molecule has 0 bridgehead atoms. The number of pyridine rings is 1. The van der Waals surface area contributed by atoms with Crippen molar-refractivity contribution >= 4 is 5.91 Å². The van der Waals surface area contributed by atoms with Gasteiger partial charge in [0.1, 0.15) is 5.82 Å². The number of hydrogen-bond acceptors (Lipinski definition) is 3. The smallest absolute Gasteiger partial charge is 0.234 e. The zero-order valence-electron chi connectivity index (χ0n) is 13.6. The topological polar surface area (TPSA) is 45.2 Å². The van der Waals surface area contributed by atoms with Gasteiger partial charge in [0, 0.05) is 18.8 Å². The summed E-state index contributed by atoms with van der Waals surface area (Å²) in [6, 6.07) is 12.8. The largest absolute Gasteiger partial charge is 0.349 e. The molecule has 0 saturated heterocycles. The highest BCUT2D eigenvalue weighted by Gasteiger charge is 2.29. The van der Waals surface area contributed by atoms with E-state index in [1.165, 1.54) is 6.07 Å². The quantitative estimate of drug-likeness (QED) is 0.810. The summed E-state index contributed by atoms with van der Waals surface area (Å²) in [7, 11) is 0. The van der Waals surface area contributed by atoms with Gasteiger partial charge in [0.15, 0.2) is 0 Å². The molecule has 2 aromatic rings. The van der Waals surface area contributed by atoms with Gasteiger partial charge in [-0.1, -0.05) is 18.2 Å². The van der Waals surface area contributed by atoms with Crippen molar-refractivity contribution in [3.63, 3.8) is 0 Å². The van der Waals surface area contributed by atoms with Gasteiger partial charge in [-0.15, -0.1) is 0 Å². The van der Waals surface area contributed by atoms with Crippen LogP contribution in [0.5, 0.6) is 0 Å². The molecule has 5 heteroatoms. The number of halogens is 1. The Morgan fingerprint density at radius 2 is 2.12 bits per heavy atom. The summed E-state index contributed by atoms with van der Waals surface area (Å²) in [5, 5.41) is 2.92. The number of nitrogens with one attached hydrogen (secondary N) is 1. The van der Waals surface area contributed by atoms with Crippen LogP contribution in [0.15, 0.2) is 48.7 Å². The number of aromatic nitrogens is 1. The van der Waals surface area contributed by atoms with Crippen molar-refractivity contribution < 1.29 is 9.18 Å². The van der Waals surface area contributed by atoms with Crippen LogP contribution in [0.3, 0.4) is 0 Å². The van der Waals surface area contributed by atoms with E-state index in [0.717, 1.165) is 37.1 Å². The van der Waals surface area contributed by atoms with Crippen LogP contribution in [0.2, 0.25) is 0 Å². The highest BCUT2D eigenvalue weighted by molar-refractivity contribution is 5.78. The molecule has 0 radical (unpaired) electrons. The lowest BCUT2D eigenvalue weighted by Gasteiger charge is -2.21. The van der Waals surface area contributed by atoms with Crippen LogP contribution in [0, 0.1) is 5.82 Å². The lowest BCUT2D eigenvalue weighted by atomic mass is 10.1. The van der Waals surface area contributed by atoms with Crippen molar-refractivity contribution in [3.8, 4) is 0 Å². The molecule has 24 heavy (non-hydrogen) atoms. The van der Waals surface area contributed by atoms with Crippen molar-refractivity contribution in [1.29, 1.82) is 0 Å². The highest BCUT2D eigenvalue weighted by atomic mass is 19.1. The fourth-order valence-electron chi connectivity index (χ4n) is 2.73. The first-order chi connectivity index (χ1) is 11.7. The second-order valence-electron chi connectivity index (χ2n) is 6.18. The fourth-order valence-corrected chi connectivity index (χ4v) is 2.73. The third kappa shape index (κ3) is 5.13. The standard InChI is InChI=1S/C19H22FN3O/c20-16-5-3-4-15(12-16)9-11-23(18-7-8-18)14-19(24)22-13-17-6-1-2-10-21-17/h1-6,10,12,18H,7-9,11,13-14H2,(H,22,24). The van der Waals surface area contributed by atoms with Gasteiger partial charge in [0.2, 0.25) is 5.91 Å². The third-order valence-electron chi connectivity index (χ3n) is 4.18. The molecule has 0 spiro atoms. The van der Waals surface area contributed by atoms with Crippen LogP contribution in [0.1, 0.15) is 24.1 Å². The van der Waals surface area contributed by atoms with E-state index < -0.39 is 0 Å². The van der Waals surface area contributed by atoms with Gasteiger partial charge < -0.3 is 5.32 Å². The number of carbonyl (C=O) groups is 1. The van der Waals surface area contributed by atoms with Crippen molar-refractivity contribution in [1.82, 2.24) is 15.2 Å². The number of nitrogens with zero attached hydrogens (tertiary/aromatic N) is 2. The predicted molar refractivity (Wildman–Crippen MR) is 90.8 cm³/mol. The summed E-state index contributed by atoms with van der Waals surface area (Å²) < 4.78 is 13.3. The van der Waals surface area contributed by atoms with Gasteiger partial charge in [-0.05, 0) is 49.1 Å². The monoisotopic (exact) mass is 327 g/mol. The molecular formula is C19H22FN3O. The van der Waals surface area contributed by atoms with Crippen LogP contribution in [0.4, 0.5) is 4.39 Å². The summed E-state index contributed by atoms with van der Waals surface area (Å²) in [5.41, 5.74) is 1.82. The molecule has 3 rings (SSSR count). The van der Waals surface area contributed by atoms with Crippen LogP contribution < -0.4 is 5.32 Å². The zero-order chi connectivity index (χ0) is 16.8. The maximum Gasteiger partial charge on any atom is 0.234 e. The van der Waals surface area contributed by atoms with E-state index in [1.54, 1.807) is 18.3 Å². The van der Waals surface area contributed by atoms with E-state index in [4.69, 9.17) is 0 Å². The van der Waals surface area contributed by atoms with Crippen LogP contribution >= 0.6 is 0 Å². The maximum atomic E-state index is 13.3. The van der Waals surface area contributed by atoms with Gasteiger partial charge >= 0.3 is 0 Å². The Bertz CT molecular complexity index is 673. The van der Waals surface area contributed by atoms with Crippen molar-refractivity contribution in [3.05, 3.63) is 65.7 Å². The first kappa shape index (κ1) is 16.6. The summed E-state index contributed by atoms with van der Waals surface area (Å²) in [6.07, 6.45) is 4.74. The molecule has 1 fully saturated rings. The molecule has 1 aliphatic carbocycles. The number of amides is 1. The van der Waals surface area contributed by atoms with E-state index in [1.807, 2.05) is 24.3 Å². The van der Waals surface area contributed by atoms with Gasteiger partial charge in [-0.2, -0.15) is 0 Å². The molecule has 1 amide bonds. The Morgan fingerprint density at radius 3 is 2.83 bits per heavy atom. The van der Waals surface area contributed by atoms with Gasteiger partial charge in [0.05, 0.1) is 18.8 Å². The number of rotatable bonds is 8. The summed E-state index contributed by atoms with van der Waals surface area (Å²) in [4.78, 5) is 18.6. The molecule has 0 unspecified atom stereocenters. The average molecular weight is 327 g/mol. The molecule has 1 N–H and O–H groups in total. The molecule has 1 aliphatic rings. The minimum Gasteiger partial charge on any atom is -0.349 e. The Balaban J connectivity index is 1.48. The second-order valence-corrected chi connectivity index (χ2v) is 6.18. The normalized spacial score (nSPS) is 13.9. The summed E-state index contributed by atoms with van der Waals surface area (Å²) in [5.74, 6) is -0.203. The Labute approximate surface area is 141 Å². The Morgan fingerprint density at radius 1 is 1.25 bits per heavy atom. The van der Waals surface area contributed by atoms with E-state index in [2.05, 4.69) is 15.2 Å². The van der Waals surface area contributed by atoms with E-state index in [-0.39, 0.29) is 11.7 Å². The van der Waals surface area contributed by atoms with Gasteiger partial charge in [-0.3, -0.25) is 14.7 Å². The number of hydrogen-bond donors (Lipinski definition) is 1. The third-order valence-corrected chi connectivity index (χ3v) is 4.18. The summed E-state index contributed by atoms with van der Waals surface area (Å²) >= 11 is 0. The fraction of sp³-hybridized carbons (Fsp3) is 0.368. The van der Waals surface area contributed by atoms with Crippen LogP contribution in [-0.4, -0.2) is 34.9 Å². The minimum absolute atomic E-state index is 0.00629. The number of benzene rings is 1. The second kappa shape index (κ2) is 8.02. The van der Waals surface area contributed by atoms with E-state index in [0.29, 0.717) is 19.1 Å². The van der Waals surface area contributed by atoms with E-state index >= 15 is 0 Å². The molecule has 4 nitrogen and oxygen atoms in total. The minimum atomic E-state index is -0.210. The summed E-state index contributed by atoms with van der Waals surface area (Å²) in [6.45, 7) is 1.60. The lowest BCUT2D eigenvalue weighted by Crippen LogP contribution is -2.39. The zero-order valence-corrected chi connectivity index (χ0v) is 13.6. The van der Waals surface area contributed by atoms with Crippen molar-refractivity contribution in [2.24, 2.45) is 0 Å². The molecule has 1 aromatic heterocycles. The average Bonchev–Trinajstić information content (AvgIpc) is 3.43. The van der Waals surface area contributed by atoms with Gasteiger partial charge in [-0.25, -0.2) is 4.39 Å². The van der Waals surface area contributed by atoms with Crippen LogP contribution in [-0.2, 0) is 17.8 Å². The van der Waals surface area contributed by atoms with Crippen LogP contribution in [0.25, 0.3) is 0 Å². The van der Waals surface area contributed by atoms with Crippen molar-refractivity contribution in [2.75, 3.05) is 13.1 Å². The first-order valence-corrected chi connectivity index (χ1v) is 8.36. The molecule has 126 valence electrons.